The van der Waals surface area contributed by atoms with Crippen LogP contribution in [0.2, 0.25) is 0 Å². The van der Waals surface area contributed by atoms with Crippen LogP contribution in [-0.2, 0) is 11.3 Å². The third-order valence-electron chi connectivity index (χ3n) is 4.09. The van der Waals surface area contributed by atoms with Gasteiger partial charge >= 0.3 is 6.03 Å². The van der Waals surface area contributed by atoms with Gasteiger partial charge in [-0.2, -0.15) is 0 Å². The molecule has 3 rings (SSSR count). The second kappa shape index (κ2) is 8.28. The zero-order valence-electron chi connectivity index (χ0n) is 14.7. The van der Waals surface area contributed by atoms with Crippen LogP contribution in [0.4, 0.5) is 16.4 Å². The first-order valence-corrected chi connectivity index (χ1v) is 8.53. The molecule has 0 unspecified atom stereocenters. The molecular weight excluding hydrogens is 332 g/mol. The van der Waals surface area contributed by atoms with Gasteiger partial charge in [0.1, 0.15) is 0 Å². The molecule has 2 N–H and O–H groups in total. The first kappa shape index (κ1) is 17.7. The van der Waals surface area contributed by atoms with Crippen molar-refractivity contribution in [2.45, 2.75) is 13.5 Å². The molecule has 0 spiro atoms. The van der Waals surface area contributed by atoms with Gasteiger partial charge in [-0.25, -0.2) is 14.8 Å². The number of rotatable bonds is 4. The smallest absolute Gasteiger partial charge is 0.317 e. The highest BCUT2D eigenvalue weighted by molar-refractivity contribution is 5.88. The van der Waals surface area contributed by atoms with Crippen LogP contribution in [-0.4, -0.2) is 53.0 Å². The van der Waals surface area contributed by atoms with Gasteiger partial charge in [0.05, 0.1) is 0 Å². The van der Waals surface area contributed by atoms with Gasteiger partial charge in [0.15, 0.2) is 0 Å². The van der Waals surface area contributed by atoms with Crippen molar-refractivity contribution in [2.75, 3.05) is 36.4 Å². The Morgan fingerprint density at radius 3 is 2.50 bits per heavy atom. The summed E-state index contributed by atoms with van der Waals surface area (Å²) < 4.78 is 0. The summed E-state index contributed by atoms with van der Waals surface area (Å²) in [4.78, 5) is 35.8. The molecule has 1 fully saturated rings. The summed E-state index contributed by atoms with van der Waals surface area (Å²) in [6.45, 7) is 4.53. The molecule has 8 heteroatoms. The fourth-order valence-corrected chi connectivity index (χ4v) is 2.82. The first-order chi connectivity index (χ1) is 12.6. The summed E-state index contributed by atoms with van der Waals surface area (Å²) in [5.74, 6) is 0.578. The molecule has 1 aliphatic rings. The molecular formula is C18H22N6O2. The molecule has 0 saturated carbocycles. The van der Waals surface area contributed by atoms with Crippen LogP contribution in [0.15, 0.2) is 42.7 Å². The SMILES string of the molecule is CC(=O)Nc1cccc(CNC(=O)N2CCN(c3ncccn3)CC2)c1. The van der Waals surface area contributed by atoms with Crippen molar-refractivity contribution in [3.8, 4) is 0 Å². The van der Waals surface area contributed by atoms with Gasteiger partial charge in [-0.05, 0) is 23.8 Å². The van der Waals surface area contributed by atoms with Crippen LogP contribution in [0.3, 0.4) is 0 Å². The molecule has 1 aromatic heterocycles. The number of amides is 3. The lowest BCUT2D eigenvalue weighted by molar-refractivity contribution is -0.114. The molecule has 0 aliphatic carbocycles. The second-order valence-corrected chi connectivity index (χ2v) is 6.06. The van der Waals surface area contributed by atoms with E-state index in [1.807, 2.05) is 24.3 Å². The molecule has 0 atom stereocenters. The van der Waals surface area contributed by atoms with Crippen molar-refractivity contribution >= 4 is 23.6 Å². The van der Waals surface area contributed by atoms with E-state index >= 15 is 0 Å². The second-order valence-electron chi connectivity index (χ2n) is 6.06. The monoisotopic (exact) mass is 354 g/mol. The van der Waals surface area contributed by atoms with E-state index in [0.29, 0.717) is 38.7 Å². The predicted octanol–water partition coefficient (Wildman–Crippen LogP) is 1.47. The highest BCUT2D eigenvalue weighted by Crippen LogP contribution is 2.12. The number of piperazine rings is 1. The van der Waals surface area contributed by atoms with Gasteiger partial charge in [-0.15, -0.1) is 0 Å². The van der Waals surface area contributed by atoms with Gasteiger partial charge in [-0.3, -0.25) is 4.79 Å². The Hall–Kier alpha value is -3.16. The maximum atomic E-state index is 12.4. The van der Waals surface area contributed by atoms with Crippen molar-refractivity contribution in [1.29, 1.82) is 0 Å². The number of nitrogens with zero attached hydrogens (tertiary/aromatic N) is 4. The van der Waals surface area contributed by atoms with Crippen LogP contribution >= 0.6 is 0 Å². The standard InChI is InChI=1S/C18H22N6O2/c1-14(25)22-16-5-2-4-15(12-16)13-21-18(26)24-10-8-23(9-11-24)17-19-6-3-7-20-17/h2-7,12H,8-11,13H2,1H3,(H,21,26)(H,22,25). The highest BCUT2D eigenvalue weighted by atomic mass is 16.2. The van der Waals surface area contributed by atoms with E-state index in [0.717, 1.165) is 11.3 Å². The van der Waals surface area contributed by atoms with Gasteiger partial charge in [0.2, 0.25) is 11.9 Å². The third kappa shape index (κ3) is 4.69. The van der Waals surface area contributed by atoms with Crippen LogP contribution in [0, 0.1) is 0 Å². The van der Waals surface area contributed by atoms with Crippen molar-refractivity contribution in [3.05, 3.63) is 48.3 Å². The van der Waals surface area contributed by atoms with Gasteiger partial charge in [0, 0.05) is 57.7 Å². The maximum absolute atomic E-state index is 12.4. The number of carbonyl (C=O) groups excluding carboxylic acids is 2. The minimum absolute atomic E-state index is 0.0939. The van der Waals surface area contributed by atoms with E-state index in [1.165, 1.54) is 6.92 Å². The van der Waals surface area contributed by atoms with Crippen LogP contribution in [0.25, 0.3) is 0 Å². The summed E-state index contributed by atoms with van der Waals surface area (Å²) in [5.41, 5.74) is 1.65. The number of nitrogens with one attached hydrogen (secondary N) is 2. The minimum Gasteiger partial charge on any atom is -0.337 e. The summed E-state index contributed by atoms with van der Waals surface area (Å²) in [6.07, 6.45) is 3.44. The summed E-state index contributed by atoms with van der Waals surface area (Å²) in [6, 6.07) is 9.13. The lowest BCUT2D eigenvalue weighted by Gasteiger charge is -2.34. The fourth-order valence-electron chi connectivity index (χ4n) is 2.82. The maximum Gasteiger partial charge on any atom is 0.317 e. The molecule has 3 amide bonds. The fraction of sp³-hybridized carbons (Fsp3) is 0.333. The normalized spacial score (nSPS) is 14.0. The van der Waals surface area contributed by atoms with Crippen molar-refractivity contribution in [3.63, 3.8) is 0 Å². The molecule has 26 heavy (non-hydrogen) atoms. The Morgan fingerprint density at radius 2 is 1.81 bits per heavy atom. The van der Waals surface area contributed by atoms with Crippen molar-refractivity contribution in [1.82, 2.24) is 20.2 Å². The molecule has 2 heterocycles. The first-order valence-electron chi connectivity index (χ1n) is 8.53. The van der Waals surface area contributed by atoms with Crippen molar-refractivity contribution in [2.24, 2.45) is 0 Å². The predicted molar refractivity (Wildman–Crippen MR) is 98.8 cm³/mol. The molecule has 0 radical (unpaired) electrons. The van der Waals surface area contributed by atoms with E-state index in [1.54, 1.807) is 23.4 Å². The van der Waals surface area contributed by atoms with Gasteiger partial charge in [0.25, 0.3) is 0 Å². The van der Waals surface area contributed by atoms with Gasteiger partial charge in [-0.1, -0.05) is 12.1 Å². The number of anilines is 2. The lowest BCUT2D eigenvalue weighted by atomic mass is 10.2. The summed E-state index contributed by atoms with van der Waals surface area (Å²) >= 11 is 0. The number of aromatic nitrogens is 2. The Labute approximate surface area is 152 Å². The topological polar surface area (TPSA) is 90.5 Å². The average molecular weight is 354 g/mol. The van der Waals surface area contributed by atoms with E-state index in [-0.39, 0.29) is 11.9 Å². The lowest BCUT2D eigenvalue weighted by Crippen LogP contribution is -2.52. The van der Waals surface area contributed by atoms with E-state index in [2.05, 4.69) is 25.5 Å². The van der Waals surface area contributed by atoms with Crippen LogP contribution in [0.1, 0.15) is 12.5 Å². The van der Waals surface area contributed by atoms with E-state index < -0.39 is 0 Å². The van der Waals surface area contributed by atoms with Gasteiger partial charge < -0.3 is 20.4 Å². The Balaban J connectivity index is 1.48. The molecule has 2 aromatic rings. The molecule has 1 aliphatic heterocycles. The summed E-state index contributed by atoms with van der Waals surface area (Å²) in [5, 5.41) is 5.67. The quantitative estimate of drug-likeness (QED) is 0.868. The number of carbonyl (C=O) groups is 2. The largest absolute Gasteiger partial charge is 0.337 e. The molecule has 8 nitrogen and oxygen atoms in total. The molecule has 1 saturated heterocycles. The zero-order valence-corrected chi connectivity index (χ0v) is 14.7. The Bertz CT molecular complexity index is 759. The molecule has 1 aromatic carbocycles. The molecule has 0 bridgehead atoms. The number of benzene rings is 1. The number of urea groups is 1. The Morgan fingerprint density at radius 1 is 1.08 bits per heavy atom. The highest BCUT2D eigenvalue weighted by Gasteiger charge is 2.22. The number of hydrogen-bond acceptors (Lipinski definition) is 5. The minimum atomic E-state index is -0.119. The third-order valence-corrected chi connectivity index (χ3v) is 4.09. The molecule has 136 valence electrons. The van der Waals surface area contributed by atoms with E-state index in [9.17, 15) is 9.59 Å². The average Bonchev–Trinajstić information content (AvgIpc) is 2.67. The van der Waals surface area contributed by atoms with E-state index in [4.69, 9.17) is 0 Å². The Kier molecular flexibility index (Phi) is 5.62. The number of hydrogen-bond donors (Lipinski definition) is 2. The zero-order chi connectivity index (χ0) is 18.4. The summed E-state index contributed by atoms with van der Waals surface area (Å²) in [7, 11) is 0. The van der Waals surface area contributed by atoms with Crippen LogP contribution < -0.4 is 15.5 Å². The van der Waals surface area contributed by atoms with Crippen molar-refractivity contribution < 1.29 is 9.59 Å². The van der Waals surface area contributed by atoms with Crippen LogP contribution in [0.5, 0.6) is 0 Å².